The average molecular weight is 1030 g/mol. The van der Waals surface area contributed by atoms with Crippen molar-refractivity contribution in [2.75, 3.05) is 83.8 Å². The van der Waals surface area contributed by atoms with Crippen LogP contribution in [0.3, 0.4) is 0 Å². The van der Waals surface area contributed by atoms with E-state index in [2.05, 4.69) is 72.4 Å². The molecular formula is C66H48O12. The summed E-state index contributed by atoms with van der Waals surface area (Å²) in [5.41, 5.74) is 0. The number of benzene rings is 13. The van der Waals surface area contributed by atoms with E-state index < -0.39 is 0 Å². The summed E-state index contributed by atoms with van der Waals surface area (Å²) in [6.07, 6.45) is 17.6. The van der Waals surface area contributed by atoms with Crippen LogP contribution in [-0.4, -0.2) is 83.8 Å². The fourth-order valence-electron chi connectivity index (χ4n) is 12.7. The van der Waals surface area contributed by atoms with Gasteiger partial charge in [-0.25, -0.2) is 0 Å². The minimum absolute atomic E-state index is 0.00567. The zero-order valence-corrected chi connectivity index (χ0v) is 44.2. The Hall–Kier alpha value is -9.96. The zero-order valence-electron chi connectivity index (χ0n) is 44.2. The predicted molar refractivity (Wildman–Crippen MR) is 312 cm³/mol. The molecule has 0 unspecified atom stereocenters. The third-order valence-corrected chi connectivity index (χ3v) is 15.6. The van der Waals surface area contributed by atoms with Crippen molar-refractivity contribution in [1.29, 1.82) is 0 Å². The highest BCUT2D eigenvalue weighted by Crippen LogP contribution is 2.62. The maximum absolute atomic E-state index is 6.38. The molecule has 12 nitrogen and oxygen atoms in total. The number of terminal acetylenes is 3. The minimum Gasteiger partial charge on any atom is -0.493 e. The summed E-state index contributed by atoms with van der Waals surface area (Å²) in [5.74, 6) is 14.1. The summed E-state index contributed by atoms with van der Waals surface area (Å²) in [6.45, 7) is 0.0170. The smallest absolute Gasteiger partial charge is 0.163 e. The van der Waals surface area contributed by atoms with Gasteiger partial charge >= 0.3 is 0 Å². The molecule has 0 aliphatic carbocycles. The third-order valence-electron chi connectivity index (χ3n) is 15.6. The standard InChI is InChI=1S/C66H48O12/c1-13-16-76-52-28-40-37(25-49(52)73-10)55-32-20-44(68-5)47(71-8)23-35(32)59-42-30-54(78-18-15-3)51(75-12)27-39(42)57-33-21-45(69-6)48(72-9)24-36(33)60-41-29-53(77-17-14-2)50(74-11)26-38(41)56-31-19-43(67-4)46(70-7)22-34(31)58(40)64-61(55)65(59)63(57)66(60)62(56)64/h1-3,19-30H,16-18H2,4-12H3. The number of fused-ring (bicyclic) bond motifs is 18. The zero-order chi connectivity index (χ0) is 54.0. The van der Waals surface area contributed by atoms with Gasteiger partial charge in [-0.1, -0.05) is 17.8 Å². The summed E-state index contributed by atoms with van der Waals surface area (Å²) in [5, 5.41) is 22.0. The molecule has 12 heteroatoms. The van der Waals surface area contributed by atoms with E-state index in [1.807, 2.05) is 18.2 Å². The van der Waals surface area contributed by atoms with Gasteiger partial charge in [-0.15, -0.1) is 19.3 Å². The Morgan fingerprint density at radius 3 is 0.474 bits per heavy atom. The van der Waals surface area contributed by atoms with E-state index >= 15 is 0 Å². The summed E-state index contributed by atoms with van der Waals surface area (Å²) in [6, 6.07) is 24.7. The molecule has 13 aromatic carbocycles. The largest absolute Gasteiger partial charge is 0.493 e. The molecule has 0 saturated carbocycles. The molecule has 0 N–H and O–H groups in total. The second-order valence-corrected chi connectivity index (χ2v) is 18.9. The molecule has 0 aromatic heterocycles. The molecule has 13 aromatic rings. The minimum atomic E-state index is 0.00567. The number of ether oxygens (including phenoxy) is 12. The first-order valence-corrected chi connectivity index (χ1v) is 24.8. The second kappa shape index (κ2) is 17.8. The van der Waals surface area contributed by atoms with Gasteiger partial charge in [-0.3, -0.25) is 0 Å². The number of hydrogen-bond donors (Lipinski definition) is 0. The van der Waals surface area contributed by atoms with Crippen molar-refractivity contribution in [3.63, 3.8) is 0 Å². The van der Waals surface area contributed by atoms with E-state index in [-0.39, 0.29) is 19.8 Å². The fourth-order valence-corrected chi connectivity index (χ4v) is 12.7. The van der Waals surface area contributed by atoms with Crippen molar-refractivity contribution in [3.8, 4) is 106 Å². The lowest BCUT2D eigenvalue weighted by Crippen LogP contribution is -2.03. The van der Waals surface area contributed by atoms with Gasteiger partial charge in [-0.05, 0) is 202 Å². The van der Waals surface area contributed by atoms with Gasteiger partial charge in [-0.2, -0.15) is 0 Å². The summed E-state index contributed by atoms with van der Waals surface area (Å²) in [7, 11) is 14.8. The Bertz CT molecular complexity index is 4340. The molecule has 13 rings (SSSR count). The van der Waals surface area contributed by atoms with Crippen LogP contribution >= 0.6 is 0 Å². The lowest BCUT2D eigenvalue weighted by atomic mass is 9.74. The normalized spacial score (nSPS) is 11.8. The van der Waals surface area contributed by atoms with Crippen LogP contribution in [0.25, 0.3) is 129 Å². The van der Waals surface area contributed by atoms with Crippen LogP contribution in [0.5, 0.6) is 69.0 Å². The molecule has 0 atom stereocenters. The van der Waals surface area contributed by atoms with E-state index in [0.29, 0.717) is 69.0 Å². The van der Waals surface area contributed by atoms with E-state index in [9.17, 15) is 0 Å². The van der Waals surface area contributed by atoms with E-state index in [1.165, 1.54) is 0 Å². The Morgan fingerprint density at radius 1 is 0.218 bits per heavy atom. The highest BCUT2D eigenvalue weighted by molar-refractivity contribution is 6.61. The first-order chi connectivity index (χ1) is 38.2. The summed E-state index contributed by atoms with van der Waals surface area (Å²) in [4.78, 5) is 0. The maximum atomic E-state index is 6.38. The van der Waals surface area contributed by atoms with Gasteiger partial charge in [0.15, 0.2) is 69.0 Å². The number of hydrogen-bond acceptors (Lipinski definition) is 12. The van der Waals surface area contributed by atoms with Crippen molar-refractivity contribution in [3.05, 3.63) is 72.8 Å². The van der Waals surface area contributed by atoms with E-state index in [0.717, 1.165) is 129 Å². The van der Waals surface area contributed by atoms with Crippen molar-refractivity contribution < 1.29 is 56.8 Å². The molecule has 0 aliphatic rings. The van der Waals surface area contributed by atoms with Gasteiger partial charge in [0.1, 0.15) is 19.8 Å². The SMILES string of the molecule is C#CCOc1cc2c(cc1OC)c1c3cc(OC)c(OC)cc3c3c4cc(OCC#C)c(OC)cc4c4c5cc(OC)c(OC)cc5c5c6cc(OCC#C)c(OC)cc6c6c7cc(OC)c(OC)cc7c2c2c1c3c4c5c62. The molecular weight excluding hydrogens is 985 g/mol. The molecule has 384 valence electrons. The second-order valence-electron chi connectivity index (χ2n) is 18.9. The average Bonchev–Trinajstić information content (AvgIpc) is 3.18. The highest BCUT2D eigenvalue weighted by atomic mass is 16.5. The Labute approximate surface area is 446 Å². The highest BCUT2D eigenvalue weighted by Gasteiger charge is 2.34. The number of rotatable bonds is 15. The van der Waals surface area contributed by atoms with Crippen LogP contribution in [-0.2, 0) is 0 Å². The lowest BCUT2D eigenvalue weighted by Gasteiger charge is -2.29. The Balaban J connectivity index is 1.51. The first-order valence-electron chi connectivity index (χ1n) is 24.8. The fraction of sp³-hybridized carbons (Fsp3) is 0.182. The predicted octanol–water partition coefficient (Wildman–Crippen LogP) is 14.0. The first kappa shape index (κ1) is 47.7. The summed E-state index contributed by atoms with van der Waals surface area (Å²) < 4.78 is 74.9. The van der Waals surface area contributed by atoms with Gasteiger partial charge in [0, 0.05) is 0 Å². The van der Waals surface area contributed by atoms with Crippen LogP contribution in [0, 0.1) is 37.0 Å². The molecule has 0 bridgehead atoms. The molecule has 0 amide bonds. The molecule has 0 spiro atoms. The summed E-state index contributed by atoms with van der Waals surface area (Å²) >= 11 is 0. The van der Waals surface area contributed by atoms with Gasteiger partial charge in [0.2, 0.25) is 0 Å². The maximum Gasteiger partial charge on any atom is 0.163 e. The monoisotopic (exact) mass is 1030 g/mol. The third kappa shape index (κ3) is 6.21. The molecule has 0 heterocycles. The van der Waals surface area contributed by atoms with Crippen molar-refractivity contribution in [1.82, 2.24) is 0 Å². The van der Waals surface area contributed by atoms with Crippen molar-refractivity contribution >= 4 is 129 Å². The van der Waals surface area contributed by atoms with Gasteiger partial charge < -0.3 is 56.8 Å². The lowest BCUT2D eigenvalue weighted by molar-refractivity contribution is 0.332. The van der Waals surface area contributed by atoms with Gasteiger partial charge in [0.05, 0.1) is 64.0 Å². The molecule has 78 heavy (non-hydrogen) atoms. The Kier molecular flexibility index (Phi) is 10.9. The van der Waals surface area contributed by atoms with E-state index in [1.54, 1.807) is 64.0 Å². The van der Waals surface area contributed by atoms with Crippen LogP contribution in [0.2, 0.25) is 0 Å². The molecule has 0 saturated heterocycles. The van der Waals surface area contributed by atoms with E-state index in [4.69, 9.17) is 76.1 Å². The van der Waals surface area contributed by atoms with Crippen molar-refractivity contribution in [2.24, 2.45) is 0 Å². The van der Waals surface area contributed by atoms with Crippen LogP contribution in [0.15, 0.2) is 72.8 Å². The Morgan fingerprint density at radius 2 is 0.346 bits per heavy atom. The molecule has 0 fully saturated rings. The van der Waals surface area contributed by atoms with Crippen LogP contribution in [0.1, 0.15) is 0 Å². The number of methoxy groups -OCH3 is 9. The quantitative estimate of drug-likeness (QED) is 0.0554. The molecule has 0 aliphatic heterocycles. The molecule has 0 radical (unpaired) electrons. The van der Waals surface area contributed by atoms with Crippen LogP contribution < -0.4 is 56.8 Å². The van der Waals surface area contributed by atoms with Gasteiger partial charge in [0.25, 0.3) is 0 Å². The van der Waals surface area contributed by atoms with Crippen molar-refractivity contribution in [2.45, 2.75) is 0 Å². The van der Waals surface area contributed by atoms with Crippen LogP contribution in [0.4, 0.5) is 0 Å². The topological polar surface area (TPSA) is 111 Å².